The second kappa shape index (κ2) is 7.72. The second-order valence-electron chi connectivity index (χ2n) is 7.27. The Bertz CT molecular complexity index is 1180. The van der Waals surface area contributed by atoms with E-state index >= 15 is 0 Å². The number of halogens is 1. The van der Waals surface area contributed by atoms with Gasteiger partial charge in [0.1, 0.15) is 17.0 Å². The fourth-order valence-electron chi connectivity index (χ4n) is 3.22. The van der Waals surface area contributed by atoms with E-state index in [0.29, 0.717) is 23.0 Å². The molecule has 1 N–H and O–H groups in total. The lowest BCUT2D eigenvalue weighted by Crippen LogP contribution is -2.30. The van der Waals surface area contributed by atoms with Crippen molar-refractivity contribution in [2.24, 2.45) is 0 Å². The molecule has 4 aromatic rings. The van der Waals surface area contributed by atoms with Crippen LogP contribution in [-0.4, -0.2) is 26.7 Å². The first-order chi connectivity index (χ1) is 13.9. The number of nitrogens with one attached hydrogen (secondary N) is 1. The third kappa shape index (κ3) is 4.03. The first-order valence-corrected chi connectivity index (χ1v) is 9.77. The van der Waals surface area contributed by atoms with Crippen molar-refractivity contribution in [3.8, 4) is 11.5 Å². The summed E-state index contributed by atoms with van der Waals surface area (Å²) in [6, 6.07) is 13.2. The highest BCUT2D eigenvalue weighted by atomic mass is 35.5. The molecule has 3 aromatic heterocycles. The van der Waals surface area contributed by atoms with Crippen LogP contribution < -0.4 is 5.32 Å². The molecule has 0 saturated carbocycles. The fourth-order valence-corrected chi connectivity index (χ4v) is 3.47. The SMILES string of the molecule is Cc1cc(C(=O)NC(C)C)nn1Cc1cc(Cl)cc2cc(-c3ccccn3)oc12. The number of pyridine rings is 1. The molecule has 0 atom stereocenters. The maximum Gasteiger partial charge on any atom is 0.271 e. The van der Waals surface area contributed by atoms with Crippen molar-refractivity contribution in [3.05, 3.63) is 70.6 Å². The summed E-state index contributed by atoms with van der Waals surface area (Å²) in [5, 5.41) is 8.84. The Hall–Kier alpha value is -3.12. The molecule has 0 unspecified atom stereocenters. The summed E-state index contributed by atoms with van der Waals surface area (Å²) >= 11 is 6.35. The quantitative estimate of drug-likeness (QED) is 0.512. The number of hydrogen-bond donors (Lipinski definition) is 1. The number of carbonyl (C=O) groups is 1. The van der Waals surface area contributed by atoms with Gasteiger partial charge in [0.05, 0.1) is 6.54 Å². The van der Waals surface area contributed by atoms with Gasteiger partial charge in [-0.1, -0.05) is 17.7 Å². The van der Waals surface area contributed by atoms with Gasteiger partial charge in [-0.15, -0.1) is 0 Å². The van der Waals surface area contributed by atoms with Crippen molar-refractivity contribution < 1.29 is 9.21 Å². The molecule has 4 rings (SSSR count). The summed E-state index contributed by atoms with van der Waals surface area (Å²) in [4.78, 5) is 16.6. The molecular formula is C22H21ClN4O2. The van der Waals surface area contributed by atoms with Gasteiger partial charge in [-0.2, -0.15) is 5.10 Å². The highest BCUT2D eigenvalue weighted by Gasteiger charge is 2.16. The smallest absolute Gasteiger partial charge is 0.271 e. The van der Waals surface area contributed by atoms with E-state index in [2.05, 4.69) is 15.4 Å². The Labute approximate surface area is 173 Å². The van der Waals surface area contributed by atoms with E-state index in [1.165, 1.54) is 0 Å². The topological polar surface area (TPSA) is 73.0 Å². The normalized spacial score (nSPS) is 11.3. The molecule has 29 heavy (non-hydrogen) atoms. The summed E-state index contributed by atoms with van der Waals surface area (Å²) in [5.74, 6) is 0.492. The Morgan fingerprint density at radius 1 is 1.24 bits per heavy atom. The van der Waals surface area contributed by atoms with Crippen molar-refractivity contribution in [2.45, 2.75) is 33.4 Å². The number of aryl methyl sites for hydroxylation is 1. The lowest BCUT2D eigenvalue weighted by molar-refractivity contribution is 0.0937. The number of rotatable bonds is 5. The number of aromatic nitrogens is 3. The van der Waals surface area contributed by atoms with Gasteiger partial charge in [0.2, 0.25) is 0 Å². The van der Waals surface area contributed by atoms with Gasteiger partial charge < -0.3 is 9.73 Å². The number of nitrogens with zero attached hydrogens (tertiary/aromatic N) is 3. The van der Waals surface area contributed by atoms with E-state index < -0.39 is 0 Å². The molecule has 6 nitrogen and oxygen atoms in total. The molecule has 0 bridgehead atoms. The zero-order chi connectivity index (χ0) is 20.5. The van der Waals surface area contributed by atoms with Gasteiger partial charge in [0.25, 0.3) is 5.91 Å². The average Bonchev–Trinajstić information content (AvgIpc) is 3.26. The lowest BCUT2D eigenvalue weighted by Gasteiger charge is -2.07. The van der Waals surface area contributed by atoms with Crippen LogP contribution in [0.15, 0.2) is 53.1 Å². The summed E-state index contributed by atoms with van der Waals surface area (Å²) in [6.07, 6.45) is 1.73. The fraction of sp³-hybridized carbons (Fsp3) is 0.227. The molecule has 0 radical (unpaired) electrons. The maximum absolute atomic E-state index is 12.3. The summed E-state index contributed by atoms with van der Waals surface area (Å²) in [6.45, 7) is 6.19. The largest absolute Gasteiger partial charge is 0.454 e. The molecular weight excluding hydrogens is 388 g/mol. The van der Waals surface area contributed by atoms with Crippen LogP contribution in [0.2, 0.25) is 5.02 Å². The van der Waals surface area contributed by atoms with Crippen molar-refractivity contribution in [1.82, 2.24) is 20.1 Å². The zero-order valence-electron chi connectivity index (χ0n) is 16.4. The van der Waals surface area contributed by atoms with E-state index in [-0.39, 0.29) is 11.9 Å². The minimum Gasteiger partial charge on any atom is -0.454 e. The standard InChI is InChI=1S/C22H21ClN4O2/c1-13(2)25-22(28)19-8-14(3)27(26-19)12-16-10-17(23)9-15-11-20(29-21(15)16)18-6-4-5-7-24-18/h4-11,13H,12H2,1-3H3,(H,25,28). The molecule has 0 saturated heterocycles. The number of hydrogen-bond acceptors (Lipinski definition) is 4. The number of benzene rings is 1. The lowest BCUT2D eigenvalue weighted by atomic mass is 10.1. The van der Waals surface area contributed by atoms with E-state index in [1.54, 1.807) is 16.9 Å². The minimum atomic E-state index is -0.187. The molecule has 0 aliphatic heterocycles. The van der Waals surface area contributed by atoms with Gasteiger partial charge >= 0.3 is 0 Å². The molecule has 148 valence electrons. The third-order valence-electron chi connectivity index (χ3n) is 4.53. The van der Waals surface area contributed by atoms with Crippen molar-refractivity contribution in [1.29, 1.82) is 0 Å². The number of carbonyl (C=O) groups excluding carboxylic acids is 1. The highest BCUT2D eigenvalue weighted by molar-refractivity contribution is 6.31. The number of amides is 1. The van der Waals surface area contributed by atoms with Gasteiger partial charge in [-0.05, 0) is 57.2 Å². The van der Waals surface area contributed by atoms with E-state index in [0.717, 1.165) is 27.9 Å². The average molecular weight is 409 g/mol. The predicted molar refractivity (Wildman–Crippen MR) is 113 cm³/mol. The van der Waals surface area contributed by atoms with Gasteiger partial charge in [0, 0.05) is 33.9 Å². The van der Waals surface area contributed by atoms with Gasteiger partial charge in [0.15, 0.2) is 5.76 Å². The zero-order valence-corrected chi connectivity index (χ0v) is 17.2. The number of fused-ring (bicyclic) bond motifs is 1. The molecule has 0 fully saturated rings. The first-order valence-electron chi connectivity index (χ1n) is 9.39. The first kappa shape index (κ1) is 19.2. The van der Waals surface area contributed by atoms with Gasteiger partial charge in [-0.3, -0.25) is 14.5 Å². The van der Waals surface area contributed by atoms with E-state index in [4.69, 9.17) is 16.0 Å². The van der Waals surface area contributed by atoms with Crippen LogP contribution in [0.5, 0.6) is 0 Å². The summed E-state index contributed by atoms with van der Waals surface area (Å²) in [7, 11) is 0. The van der Waals surface area contributed by atoms with E-state index in [9.17, 15) is 4.79 Å². The van der Waals surface area contributed by atoms with Crippen LogP contribution >= 0.6 is 11.6 Å². The molecule has 1 aromatic carbocycles. The maximum atomic E-state index is 12.3. The van der Waals surface area contributed by atoms with Crippen LogP contribution in [0.4, 0.5) is 0 Å². The molecule has 0 aliphatic carbocycles. The van der Waals surface area contributed by atoms with Crippen LogP contribution in [0.25, 0.3) is 22.4 Å². The third-order valence-corrected chi connectivity index (χ3v) is 4.75. The minimum absolute atomic E-state index is 0.0497. The molecule has 1 amide bonds. The van der Waals surface area contributed by atoms with Crippen LogP contribution in [0.3, 0.4) is 0 Å². The monoisotopic (exact) mass is 408 g/mol. The van der Waals surface area contributed by atoms with Crippen molar-refractivity contribution >= 4 is 28.5 Å². The Morgan fingerprint density at radius 2 is 2.07 bits per heavy atom. The number of furan rings is 1. The van der Waals surface area contributed by atoms with Crippen molar-refractivity contribution in [2.75, 3.05) is 0 Å². The van der Waals surface area contributed by atoms with E-state index in [1.807, 2.05) is 57.2 Å². The Kier molecular flexibility index (Phi) is 5.11. The highest BCUT2D eigenvalue weighted by Crippen LogP contribution is 2.32. The predicted octanol–water partition coefficient (Wildman–Crippen LogP) is 4.84. The van der Waals surface area contributed by atoms with Gasteiger partial charge in [-0.25, -0.2) is 0 Å². The van der Waals surface area contributed by atoms with Crippen molar-refractivity contribution in [3.63, 3.8) is 0 Å². The molecule has 0 aliphatic rings. The second-order valence-corrected chi connectivity index (χ2v) is 7.70. The van der Waals surface area contributed by atoms with Crippen LogP contribution in [0, 0.1) is 6.92 Å². The Balaban J connectivity index is 1.70. The molecule has 3 heterocycles. The van der Waals surface area contributed by atoms with Crippen LogP contribution in [0.1, 0.15) is 35.6 Å². The Morgan fingerprint density at radius 3 is 2.79 bits per heavy atom. The molecule has 7 heteroatoms. The summed E-state index contributed by atoms with van der Waals surface area (Å²) in [5.41, 5.74) is 3.65. The summed E-state index contributed by atoms with van der Waals surface area (Å²) < 4.78 is 7.90. The molecule has 0 spiro atoms. The van der Waals surface area contributed by atoms with Crippen LogP contribution in [-0.2, 0) is 6.54 Å².